The number of hydrogen-bond acceptors (Lipinski definition) is 4. The molecule has 1 unspecified atom stereocenters. The lowest BCUT2D eigenvalue weighted by Gasteiger charge is -2.39. The number of nitrogens with zero attached hydrogens (tertiary/aromatic N) is 1. The minimum absolute atomic E-state index is 0.0296. The Morgan fingerprint density at radius 1 is 0.897 bits per heavy atom. The number of halogens is 3. The molecule has 1 N–H and O–H groups in total. The first-order valence-corrected chi connectivity index (χ1v) is 13.0. The number of carbonyl (C=O) groups is 2. The molecule has 0 spiro atoms. The molecule has 0 saturated carbocycles. The van der Waals surface area contributed by atoms with Crippen LogP contribution in [0.4, 0.5) is 13.2 Å². The van der Waals surface area contributed by atoms with Crippen molar-refractivity contribution in [3.63, 3.8) is 0 Å². The number of esters is 1. The minimum Gasteiger partial charge on any atom is -0.469 e. The maximum atomic E-state index is 13.2. The van der Waals surface area contributed by atoms with Crippen LogP contribution in [0.1, 0.15) is 47.7 Å². The average Bonchev–Trinajstić information content (AvgIpc) is 2.94. The summed E-state index contributed by atoms with van der Waals surface area (Å²) in [4.78, 5) is 27.7. The first-order valence-electron chi connectivity index (χ1n) is 13.0. The Hall–Kier alpha value is -3.65. The van der Waals surface area contributed by atoms with Crippen LogP contribution in [0.15, 0.2) is 78.9 Å². The standard InChI is InChI=1S/C31H33F3N2O3/c1-30(20-28(37)39-2,23-8-4-3-5-9-23)21-36-18-16-25(17-19-36)35-29(38)27-11-7-6-10-26(27)22-12-14-24(15-13-22)31(32,33)34/h3-15,25H,16-21H2,1-2H3,(H,35,38). The van der Waals surface area contributed by atoms with Gasteiger partial charge in [-0.25, -0.2) is 0 Å². The van der Waals surface area contributed by atoms with Crippen molar-refractivity contribution in [1.29, 1.82) is 0 Å². The third kappa shape index (κ3) is 7.06. The fraction of sp³-hybridized carbons (Fsp3) is 0.355. The van der Waals surface area contributed by atoms with Crippen LogP contribution in [0.25, 0.3) is 11.1 Å². The smallest absolute Gasteiger partial charge is 0.416 e. The molecule has 0 radical (unpaired) electrons. The van der Waals surface area contributed by atoms with Gasteiger partial charge in [-0.3, -0.25) is 9.59 Å². The van der Waals surface area contributed by atoms with Gasteiger partial charge >= 0.3 is 12.1 Å². The lowest BCUT2D eigenvalue weighted by atomic mass is 9.78. The molecule has 1 fully saturated rings. The summed E-state index contributed by atoms with van der Waals surface area (Å²) in [5.41, 5.74) is 1.50. The number of nitrogens with one attached hydrogen (secondary N) is 1. The Morgan fingerprint density at radius 3 is 2.13 bits per heavy atom. The van der Waals surface area contributed by atoms with Gasteiger partial charge in [0.1, 0.15) is 0 Å². The largest absolute Gasteiger partial charge is 0.469 e. The van der Waals surface area contributed by atoms with E-state index in [2.05, 4.69) is 17.1 Å². The van der Waals surface area contributed by atoms with E-state index in [4.69, 9.17) is 4.74 Å². The van der Waals surface area contributed by atoms with Crippen molar-refractivity contribution in [1.82, 2.24) is 10.2 Å². The van der Waals surface area contributed by atoms with E-state index in [0.717, 1.165) is 43.6 Å². The summed E-state index contributed by atoms with van der Waals surface area (Å²) in [6, 6.07) is 21.7. The summed E-state index contributed by atoms with van der Waals surface area (Å²) in [6.45, 7) is 4.28. The monoisotopic (exact) mass is 538 g/mol. The highest BCUT2D eigenvalue weighted by Crippen LogP contribution is 2.33. The third-order valence-corrected chi connectivity index (χ3v) is 7.42. The summed E-state index contributed by atoms with van der Waals surface area (Å²) in [5, 5.41) is 3.12. The molecular weight excluding hydrogens is 505 g/mol. The second-order valence-electron chi connectivity index (χ2n) is 10.3. The number of likely N-dealkylation sites (tertiary alicyclic amines) is 1. The number of piperidine rings is 1. The lowest BCUT2D eigenvalue weighted by Crippen LogP contribution is -2.48. The molecule has 1 atom stereocenters. The Morgan fingerprint density at radius 2 is 1.51 bits per heavy atom. The molecule has 206 valence electrons. The van der Waals surface area contributed by atoms with Crippen LogP contribution in [-0.4, -0.2) is 49.6 Å². The second-order valence-corrected chi connectivity index (χ2v) is 10.3. The number of methoxy groups -OCH3 is 1. The molecule has 1 heterocycles. The van der Waals surface area contributed by atoms with Crippen LogP contribution >= 0.6 is 0 Å². The molecule has 0 aromatic heterocycles. The van der Waals surface area contributed by atoms with Crippen LogP contribution in [-0.2, 0) is 21.1 Å². The van der Waals surface area contributed by atoms with E-state index in [9.17, 15) is 22.8 Å². The average molecular weight is 539 g/mol. The van der Waals surface area contributed by atoms with E-state index in [1.165, 1.54) is 19.2 Å². The van der Waals surface area contributed by atoms with Gasteiger partial charge in [0.2, 0.25) is 0 Å². The van der Waals surface area contributed by atoms with Gasteiger partial charge in [-0.1, -0.05) is 67.6 Å². The molecule has 1 saturated heterocycles. The van der Waals surface area contributed by atoms with Crippen molar-refractivity contribution in [2.24, 2.45) is 0 Å². The van der Waals surface area contributed by atoms with Crippen molar-refractivity contribution >= 4 is 11.9 Å². The maximum Gasteiger partial charge on any atom is 0.416 e. The Bertz CT molecular complexity index is 1270. The molecule has 39 heavy (non-hydrogen) atoms. The van der Waals surface area contributed by atoms with E-state index in [0.29, 0.717) is 23.2 Å². The zero-order valence-corrected chi connectivity index (χ0v) is 22.1. The van der Waals surface area contributed by atoms with Gasteiger partial charge in [0.05, 0.1) is 19.1 Å². The van der Waals surface area contributed by atoms with E-state index in [-0.39, 0.29) is 24.3 Å². The topological polar surface area (TPSA) is 58.6 Å². The third-order valence-electron chi connectivity index (χ3n) is 7.42. The lowest BCUT2D eigenvalue weighted by molar-refractivity contribution is -0.142. The van der Waals surface area contributed by atoms with Gasteiger partial charge in [-0.15, -0.1) is 0 Å². The van der Waals surface area contributed by atoms with Gasteiger partial charge in [0.25, 0.3) is 5.91 Å². The van der Waals surface area contributed by atoms with E-state index < -0.39 is 17.2 Å². The highest BCUT2D eigenvalue weighted by atomic mass is 19.4. The van der Waals surface area contributed by atoms with E-state index in [1.54, 1.807) is 24.3 Å². The summed E-state index contributed by atoms with van der Waals surface area (Å²) in [5.74, 6) is -0.501. The number of hydrogen-bond donors (Lipinski definition) is 1. The quantitative estimate of drug-likeness (QED) is 0.353. The highest BCUT2D eigenvalue weighted by Gasteiger charge is 2.34. The fourth-order valence-corrected chi connectivity index (χ4v) is 5.24. The van der Waals surface area contributed by atoms with Crippen LogP contribution < -0.4 is 5.32 Å². The fourth-order valence-electron chi connectivity index (χ4n) is 5.24. The zero-order chi connectivity index (χ0) is 28.0. The van der Waals surface area contributed by atoms with Crippen molar-refractivity contribution in [2.45, 2.75) is 43.8 Å². The van der Waals surface area contributed by atoms with Crippen LogP contribution in [0.3, 0.4) is 0 Å². The van der Waals surface area contributed by atoms with Crippen LogP contribution in [0.5, 0.6) is 0 Å². The minimum atomic E-state index is -4.41. The molecule has 3 aromatic carbocycles. The number of carbonyl (C=O) groups excluding carboxylic acids is 2. The van der Waals surface area contributed by atoms with Crippen molar-refractivity contribution in [3.05, 3.63) is 95.6 Å². The molecule has 1 aliphatic heterocycles. The van der Waals surface area contributed by atoms with Crippen molar-refractivity contribution < 1.29 is 27.5 Å². The number of rotatable bonds is 8. The molecule has 4 rings (SSSR count). The predicted octanol–water partition coefficient (Wildman–Crippen LogP) is 6.09. The molecule has 0 aliphatic carbocycles. The molecule has 5 nitrogen and oxygen atoms in total. The SMILES string of the molecule is COC(=O)CC(C)(CN1CCC(NC(=O)c2ccccc2-c2ccc(C(F)(F)F)cc2)CC1)c1ccccc1. The Labute approximate surface area is 227 Å². The number of ether oxygens (including phenoxy) is 1. The number of alkyl halides is 3. The molecule has 0 bridgehead atoms. The summed E-state index contributed by atoms with van der Waals surface area (Å²) >= 11 is 0. The van der Waals surface area contributed by atoms with E-state index >= 15 is 0 Å². The number of amides is 1. The Balaban J connectivity index is 1.40. The molecule has 1 aliphatic rings. The second kappa shape index (κ2) is 12.0. The van der Waals surface area contributed by atoms with Gasteiger partial charge in [-0.05, 0) is 47.7 Å². The van der Waals surface area contributed by atoms with Gasteiger partial charge in [0, 0.05) is 36.7 Å². The predicted molar refractivity (Wildman–Crippen MR) is 144 cm³/mol. The molecule has 8 heteroatoms. The maximum absolute atomic E-state index is 13.2. The van der Waals surface area contributed by atoms with Gasteiger partial charge in [0.15, 0.2) is 0 Å². The summed E-state index contributed by atoms with van der Waals surface area (Å²) in [6.07, 6.45) is -2.65. The van der Waals surface area contributed by atoms with Gasteiger partial charge < -0.3 is 15.0 Å². The van der Waals surface area contributed by atoms with Crippen molar-refractivity contribution in [2.75, 3.05) is 26.7 Å². The van der Waals surface area contributed by atoms with Crippen LogP contribution in [0.2, 0.25) is 0 Å². The molecular formula is C31H33F3N2O3. The normalized spacial score (nSPS) is 16.3. The molecule has 1 amide bonds. The van der Waals surface area contributed by atoms with Crippen LogP contribution in [0, 0.1) is 0 Å². The Kier molecular flexibility index (Phi) is 8.75. The first-order chi connectivity index (χ1) is 18.6. The summed E-state index contributed by atoms with van der Waals surface area (Å²) < 4.78 is 43.9. The first kappa shape index (κ1) is 28.4. The van der Waals surface area contributed by atoms with Crippen molar-refractivity contribution in [3.8, 4) is 11.1 Å². The van der Waals surface area contributed by atoms with Gasteiger partial charge in [-0.2, -0.15) is 13.2 Å². The number of benzene rings is 3. The summed E-state index contributed by atoms with van der Waals surface area (Å²) in [7, 11) is 1.40. The van der Waals surface area contributed by atoms with E-state index in [1.807, 2.05) is 30.3 Å². The zero-order valence-electron chi connectivity index (χ0n) is 22.1. The highest BCUT2D eigenvalue weighted by molar-refractivity contribution is 6.01. The molecule has 3 aromatic rings.